The van der Waals surface area contributed by atoms with Crippen LogP contribution in [-0.4, -0.2) is 25.4 Å². The van der Waals surface area contributed by atoms with E-state index in [1.807, 2.05) is 6.26 Å². The molecule has 0 aliphatic rings. The zero-order valence-electron chi connectivity index (χ0n) is 10.5. The second-order valence-corrected chi connectivity index (χ2v) is 5.49. The van der Waals surface area contributed by atoms with E-state index in [1.165, 1.54) is 30.2 Å². The molecule has 1 rings (SSSR count). The normalized spacial score (nSPS) is 12.2. The van der Waals surface area contributed by atoms with Gasteiger partial charge in [-0.25, -0.2) is 4.79 Å². The summed E-state index contributed by atoms with van der Waals surface area (Å²) in [5.74, 6) is -0.375. The van der Waals surface area contributed by atoms with Gasteiger partial charge in [0.05, 0.1) is 17.7 Å². The van der Waals surface area contributed by atoms with Crippen molar-refractivity contribution in [2.75, 3.05) is 24.4 Å². The van der Waals surface area contributed by atoms with Crippen molar-refractivity contribution in [3.05, 3.63) is 4.88 Å². The summed E-state index contributed by atoms with van der Waals surface area (Å²) in [5.41, 5.74) is 6.47. The molecule has 1 aromatic heterocycles. The molecule has 4 nitrogen and oxygen atoms in total. The molecule has 0 saturated heterocycles. The molecule has 0 saturated carbocycles. The lowest BCUT2D eigenvalue weighted by Gasteiger charge is -2.12. The predicted molar refractivity (Wildman–Crippen MR) is 75.2 cm³/mol. The number of methoxy groups -OCH3 is 1. The average Bonchev–Trinajstić information content (AvgIpc) is 2.64. The van der Waals surface area contributed by atoms with Gasteiger partial charge in [-0.2, -0.15) is 0 Å². The zero-order valence-corrected chi connectivity index (χ0v) is 12.1. The Balaban J connectivity index is 3.09. The van der Waals surface area contributed by atoms with Gasteiger partial charge in [0.25, 0.3) is 0 Å². The fourth-order valence-electron chi connectivity index (χ4n) is 1.30. The van der Waals surface area contributed by atoms with E-state index in [2.05, 4.69) is 19.2 Å². The molecule has 17 heavy (non-hydrogen) atoms. The largest absolute Gasteiger partial charge is 0.465 e. The van der Waals surface area contributed by atoms with Gasteiger partial charge >= 0.3 is 5.97 Å². The van der Waals surface area contributed by atoms with Crippen LogP contribution in [0.2, 0.25) is 0 Å². The molecule has 0 aromatic carbocycles. The lowest BCUT2D eigenvalue weighted by molar-refractivity contribution is 0.0607. The molecule has 0 fully saturated rings. The van der Waals surface area contributed by atoms with Gasteiger partial charge in [-0.05, 0) is 19.6 Å². The number of carbonyl (C=O) groups is 1. The first-order valence-corrected chi connectivity index (χ1v) is 7.40. The van der Waals surface area contributed by atoms with Crippen LogP contribution >= 0.6 is 23.1 Å². The molecule has 1 heterocycles. The maximum Gasteiger partial charge on any atom is 0.350 e. The Morgan fingerprint density at radius 1 is 1.65 bits per heavy atom. The van der Waals surface area contributed by atoms with Gasteiger partial charge in [0.1, 0.15) is 9.88 Å². The van der Waals surface area contributed by atoms with Crippen molar-refractivity contribution in [1.82, 2.24) is 0 Å². The molecule has 3 N–H and O–H groups in total. The van der Waals surface area contributed by atoms with E-state index in [1.54, 1.807) is 0 Å². The van der Waals surface area contributed by atoms with Crippen molar-refractivity contribution in [2.24, 2.45) is 0 Å². The molecule has 0 radical (unpaired) electrons. The Hall–Kier alpha value is -0.880. The van der Waals surface area contributed by atoms with Crippen LogP contribution in [-0.2, 0) is 4.74 Å². The monoisotopic (exact) mass is 274 g/mol. The SMILES string of the molecule is CCC(C)Nc1sc(C(=O)OC)c(N)c1SC. The molecule has 1 atom stereocenters. The first-order chi connectivity index (χ1) is 8.04. The second-order valence-electron chi connectivity index (χ2n) is 3.65. The first kappa shape index (κ1) is 14.2. The van der Waals surface area contributed by atoms with Crippen LogP contribution in [0.15, 0.2) is 4.90 Å². The molecular weight excluding hydrogens is 256 g/mol. The van der Waals surface area contributed by atoms with E-state index < -0.39 is 0 Å². The number of rotatable bonds is 5. The van der Waals surface area contributed by atoms with Gasteiger partial charge in [0.2, 0.25) is 0 Å². The van der Waals surface area contributed by atoms with Crippen molar-refractivity contribution in [2.45, 2.75) is 31.2 Å². The van der Waals surface area contributed by atoms with Crippen molar-refractivity contribution in [3.63, 3.8) is 0 Å². The summed E-state index contributed by atoms with van der Waals surface area (Å²) in [4.78, 5) is 12.9. The Morgan fingerprint density at radius 2 is 2.29 bits per heavy atom. The van der Waals surface area contributed by atoms with Crippen LogP contribution in [0.25, 0.3) is 0 Å². The third kappa shape index (κ3) is 3.07. The summed E-state index contributed by atoms with van der Waals surface area (Å²) in [6.45, 7) is 4.20. The number of anilines is 2. The third-order valence-electron chi connectivity index (χ3n) is 2.46. The molecule has 0 aliphatic carbocycles. The highest BCUT2D eigenvalue weighted by Crippen LogP contribution is 2.42. The molecule has 96 valence electrons. The molecule has 0 amide bonds. The van der Waals surface area contributed by atoms with Crippen LogP contribution < -0.4 is 11.1 Å². The van der Waals surface area contributed by atoms with E-state index >= 15 is 0 Å². The van der Waals surface area contributed by atoms with Crippen molar-refractivity contribution in [3.8, 4) is 0 Å². The Morgan fingerprint density at radius 3 is 2.76 bits per heavy atom. The van der Waals surface area contributed by atoms with Gasteiger partial charge in [-0.15, -0.1) is 23.1 Å². The van der Waals surface area contributed by atoms with Crippen LogP contribution in [0.4, 0.5) is 10.7 Å². The minimum Gasteiger partial charge on any atom is -0.465 e. The highest BCUT2D eigenvalue weighted by molar-refractivity contribution is 7.99. The first-order valence-electron chi connectivity index (χ1n) is 5.36. The van der Waals surface area contributed by atoms with Crippen LogP contribution in [0.1, 0.15) is 29.9 Å². The molecule has 6 heteroatoms. The lowest BCUT2D eigenvalue weighted by Crippen LogP contribution is -2.12. The Labute approximate surface area is 110 Å². The van der Waals surface area contributed by atoms with Gasteiger partial charge in [-0.3, -0.25) is 0 Å². The summed E-state index contributed by atoms with van der Waals surface area (Å²) >= 11 is 2.89. The number of ether oxygens (including phenoxy) is 1. The smallest absolute Gasteiger partial charge is 0.350 e. The molecule has 0 aliphatic heterocycles. The van der Waals surface area contributed by atoms with Gasteiger partial charge in [-0.1, -0.05) is 6.92 Å². The van der Waals surface area contributed by atoms with Gasteiger partial charge in [0.15, 0.2) is 0 Å². The molecule has 1 aromatic rings. The highest BCUT2D eigenvalue weighted by Gasteiger charge is 2.21. The number of thioether (sulfide) groups is 1. The highest BCUT2D eigenvalue weighted by atomic mass is 32.2. The van der Waals surface area contributed by atoms with Crippen molar-refractivity contribution in [1.29, 1.82) is 0 Å². The minimum absolute atomic E-state index is 0.351. The summed E-state index contributed by atoms with van der Waals surface area (Å²) in [6, 6.07) is 0.351. The number of nitrogen functional groups attached to an aromatic ring is 1. The number of thiophene rings is 1. The number of hydrogen-bond donors (Lipinski definition) is 2. The van der Waals surface area contributed by atoms with Crippen LogP contribution in [0.5, 0.6) is 0 Å². The number of esters is 1. The second kappa shape index (κ2) is 6.16. The summed E-state index contributed by atoms with van der Waals surface area (Å²) in [6.07, 6.45) is 2.96. The van der Waals surface area contributed by atoms with Crippen LogP contribution in [0, 0.1) is 0 Å². The minimum atomic E-state index is -0.375. The van der Waals surface area contributed by atoms with E-state index in [4.69, 9.17) is 10.5 Å². The summed E-state index contributed by atoms with van der Waals surface area (Å²) < 4.78 is 4.72. The van der Waals surface area contributed by atoms with Crippen LogP contribution in [0.3, 0.4) is 0 Å². The van der Waals surface area contributed by atoms with E-state index in [9.17, 15) is 4.79 Å². The number of nitrogens with two attached hydrogens (primary N) is 1. The maximum absolute atomic E-state index is 11.5. The number of hydrogen-bond acceptors (Lipinski definition) is 6. The Bertz CT molecular complexity index is 404. The quantitative estimate of drug-likeness (QED) is 0.638. The summed E-state index contributed by atoms with van der Waals surface area (Å²) in [7, 11) is 1.36. The average molecular weight is 274 g/mol. The maximum atomic E-state index is 11.5. The number of carbonyl (C=O) groups excluding carboxylic acids is 1. The molecular formula is C11H18N2O2S2. The summed E-state index contributed by atoms with van der Waals surface area (Å²) in [5, 5.41) is 4.31. The standard InChI is InChI=1S/C11H18N2O2S2/c1-5-6(2)13-10-8(16-4)7(12)9(17-10)11(14)15-3/h6,13H,5,12H2,1-4H3. The fourth-order valence-corrected chi connectivity index (χ4v) is 3.35. The fraction of sp³-hybridized carbons (Fsp3) is 0.545. The van der Waals surface area contributed by atoms with E-state index in [0.29, 0.717) is 16.6 Å². The Kier molecular flexibility index (Phi) is 5.14. The van der Waals surface area contributed by atoms with Crippen molar-refractivity contribution < 1.29 is 9.53 Å². The predicted octanol–water partition coefficient (Wildman–Crippen LogP) is 3.05. The van der Waals surface area contributed by atoms with Gasteiger partial charge in [0, 0.05) is 6.04 Å². The topological polar surface area (TPSA) is 64.3 Å². The number of nitrogens with one attached hydrogen (secondary N) is 1. The third-order valence-corrected chi connectivity index (χ3v) is 4.54. The molecule has 0 bridgehead atoms. The zero-order chi connectivity index (χ0) is 13.0. The lowest BCUT2D eigenvalue weighted by atomic mass is 10.3. The molecule has 1 unspecified atom stereocenters. The molecule has 0 spiro atoms. The van der Waals surface area contributed by atoms with E-state index in [-0.39, 0.29) is 5.97 Å². The van der Waals surface area contributed by atoms with Crippen molar-refractivity contribution >= 4 is 39.8 Å². The van der Waals surface area contributed by atoms with E-state index in [0.717, 1.165) is 16.3 Å². The van der Waals surface area contributed by atoms with Gasteiger partial charge < -0.3 is 15.8 Å².